The molecular weight excluding hydrogens is 470 g/mol. The summed E-state index contributed by atoms with van der Waals surface area (Å²) in [4.78, 5) is 34.9. The molecule has 0 atom stereocenters. The summed E-state index contributed by atoms with van der Waals surface area (Å²) in [6.45, 7) is 0. The molecule has 9 nitrogen and oxygen atoms in total. The number of nitrogens with one attached hydrogen (secondary N) is 1. The third-order valence-corrected chi connectivity index (χ3v) is 5.81. The Morgan fingerprint density at radius 1 is 0.657 bits per heavy atom. The number of carbonyl (C=O) groups is 1. The second-order valence-corrected chi connectivity index (χ2v) is 8.36. The van der Waals surface area contributed by atoms with Crippen molar-refractivity contribution in [3.63, 3.8) is 0 Å². The molecule has 1 N–H and O–H groups in total. The van der Waals surface area contributed by atoms with Gasteiger partial charge in [-0.15, -0.1) is 0 Å². The second-order valence-electron chi connectivity index (χ2n) is 7.21. The van der Waals surface area contributed by atoms with Gasteiger partial charge in [0.25, 0.3) is 17.3 Å². The molecule has 1 amide bonds. The number of nitro groups is 2. The molecule has 0 saturated heterocycles. The van der Waals surface area contributed by atoms with Gasteiger partial charge in [0, 0.05) is 45.3 Å². The lowest BCUT2D eigenvalue weighted by Crippen LogP contribution is -2.11. The summed E-state index contributed by atoms with van der Waals surface area (Å²) in [7, 11) is 0. The van der Waals surface area contributed by atoms with Gasteiger partial charge in [-0.3, -0.25) is 25.0 Å². The molecule has 0 saturated carbocycles. The third kappa shape index (κ3) is 6.21. The third-order valence-electron chi connectivity index (χ3n) is 4.80. The van der Waals surface area contributed by atoms with E-state index in [4.69, 9.17) is 4.74 Å². The highest BCUT2D eigenvalue weighted by molar-refractivity contribution is 7.99. The van der Waals surface area contributed by atoms with E-state index in [-0.39, 0.29) is 17.3 Å². The summed E-state index contributed by atoms with van der Waals surface area (Å²) < 4.78 is 5.66. The van der Waals surface area contributed by atoms with Crippen molar-refractivity contribution in [2.24, 2.45) is 0 Å². The molecule has 4 aromatic rings. The Labute approximate surface area is 203 Å². The molecule has 0 spiro atoms. The van der Waals surface area contributed by atoms with E-state index < -0.39 is 9.85 Å². The Morgan fingerprint density at radius 3 is 1.57 bits per heavy atom. The van der Waals surface area contributed by atoms with Crippen LogP contribution in [-0.4, -0.2) is 15.8 Å². The molecule has 0 aromatic heterocycles. The molecule has 174 valence electrons. The number of amides is 1. The molecule has 35 heavy (non-hydrogen) atoms. The van der Waals surface area contributed by atoms with E-state index in [1.54, 1.807) is 48.5 Å². The summed E-state index contributed by atoms with van der Waals surface area (Å²) in [6.07, 6.45) is 0. The quantitative estimate of drug-likeness (QED) is 0.217. The molecule has 4 aromatic carbocycles. The first-order valence-corrected chi connectivity index (χ1v) is 11.1. The van der Waals surface area contributed by atoms with Crippen molar-refractivity contribution in [3.05, 3.63) is 123 Å². The van der Waals surface area contributed by atoms with Gasteiger partial charge in [-0.1, -0.05) is 11.8 Å². The van der Waals surface area contributed by atoms with E-state index in [0.29, 0.717) is 22.7 Å². The van der Waals surface area contributed by atoms with Gasteiger partial charge in [-0.2, -0.15) is 0 Å². The fourth-order valence-corrected chi connectivity index (χ4v) is 3.84. The lowest BCUT2D eigenvalue weighted by molar-refractivity contribution is -0.385. The summed E-state index contributed by atoms with van der Waals surface area (Å²) in [6, 6.07) is 25.8. The van der Waals surface area contributed by atoms with Crippen LogP contribution in [0.4, 0.5) is 17.1 Å². The smallest absolute Gasteiger partial charge is 0.269 e. The highest BCUT2D eigenvalue weighted by Crippen LogP contribution is 2.30. The fourth-order valence-electron chi connectivity index (χ4n) is 3.03. The maximum absolute atomic E-state index is 12.6. The Kier molecular flexibility index (Phi) is 7.03. The predicted molar refractivity (Wildman–Crippen MR) is 131 cm³/mol. The van der Waals surface area contributed by atoms with Gasteiger partial charge in [0.15, 0.2) is 0 Å². The van der Waals surface area contributed by atoms with Crippen LogP contribution in [0, 0.1) is 20.2 Å². The topological polar surface area (TPSA) is 125 Å². The van der Waals surface area contributed by atoms with Crippen LogP contribution in [0.25, 0.3) is 0 Å². The first-order chi connectivity index (χ1) is 16.9. The molecule has 0 radical (unpaired) electrons. The van der Waals surface area contributed by atoms with Crippen LogP contribution in [0.3, 0.4) is 0 Å². The maximum Gasteiger partial charge on any atom is 0.269 e. The SMILES string of the molecule is O=C(Nc1ccc(Sc2ccc([N+](=O)[O-])cc2)cc1)c1ccc(Oc2ccc([N+](=O)[O-])cc2)cc1. The molecular formula is C25H17N3O6S. The van der Waals surface area contributed by atoms with Gasteiger partial charge in [-0.05, 0) is 72.8 Å². The van der Waals surface area contributed by atoms with Crippen molar-refractivity contribution in [1.82, 2.24) is 0 Å². The van der Waals surface area contributed by atoms with Crippen LogP contribution in [0.2, 0.25) is 0 Å². The number of ether oxygens (including phenoxy) is 1. The van der Waals surface area contributed by atoms with Crippen LogP contribution in [-0.2, 0) is 0 Å². The molecule has 0 fully saturated rings. The maximum atomic E-state index is 12.6. The Balaban J connectivity index is 1.33. The minimum absolute atomic E-state index is 0.0256. The Morgan fingerprint density at radius 2 is 1.09 bits per heavy atom. The van der Waals surface area contributed by atoms with Crippen LogP contribution in [0.1, 0.15) is 10.4 Å². The summed E-state index contributed by atoms with van der Waals surface area (Å²) >= 11 is 1.45. The molecule has 0 bridgehead atoms. The van der Waals surface area contributed by atoms with Gasteiger partial charge >= 0.3 is 0 Å². The molecule has 0 aliphatic carbocycles. The van der Waals surface area contributed by atoms with E-state index in [1.165, 1.54) is 48.2 Å². The second kappa shape index (κ2) is 10.5. The van der Waals surface area contributed by atoms with Crippen LogP contribution < -0.4 is 10.1 Å². The molecule has 0 aliphatic heterocycles. The van der Waals surface area contributed by atoms with E-state index in [2.05, 4.69) is 5.32 Å². The van der Waals surface area contributed by atoms with E-state index in [1.807, 2.05) is 12.1 Å². The number of non-ortho nitro benzene ring substituents is 2. The summed E-state index contributed by atoms with van der Waals surface area (Å²) in [5.41, 5.74) is 1.07. The molecule has 10 heteroatoms. The highest BCUT2D eigenvalue weighted by atomic mass is 32.2. The zero-order valence-electron chi connectivity index (χ0n) is 18.0. The minimum Gasteiger partial charge on any atom is -0.457 e. The van der Waals surface area contributed by atoms with Crippen molar-refractivity contribution in [3.8, 4) is 11.5 Å². The van der Waals surface area contributed by atoms with Crippen molar-refractivity contribution in [2.45, 2.75) is 9.79 Å². The zero-order chi connectivity index (χ0) is 24.8. The summed E-state index contributed by atoms with van der Waals surface area (Å²) in [5, 5.41) is 24.3. The highest BCUT2D eigenvalue weighted by Gasteiger charge is 2.09. The van der Waals surface area contributed by atoms with Crippen molar-refractivity contribution in [2.75, 3.05) is 5.32 Å². The van der Waals surface area contributed by atoms with Crippen molar-refractivity contribution < 1.29 is 19.4 Å². The van der Waals surface area contributed by atoms with Gasteiger partial charge in [0.05, 0.1) is 9.85 Å². The summed E-state index contributed by atoms with van der Waals surface area (Å²) in [5.74, 6) is 0.644. The predicted octanol–water partition coefficient (Wildman–Crippen LogP) is 6.70. The van der Waals surface area contributed by atoms with Crippen LogP contribution >= 0.6 is 11.8 Å². The lowest BCUT2D eigenvalue weighted by Gasteiger charge is -2.08. The van der Waals surface area contributed by atoms with E-state index in [9.17, 15) is 25.0 Å². The average molecular weight is 487 g/mol. The number of nitro benzene ring substituents is 2. The zero-order valence-corrected chi connectivity index (χ0v) is 18.8. The van der Waals surface area contributed by atoms with E-state index >= 15 is 0 Å². The minimum atomic E-state index is -0.484. The number of nitrogens with zero attached hydrogens (tertiary/aromatic N) is 2. The van der Waals surface area contributed by atoms with Crippen molar-refractivity contribution >= 4 is 34.7 Å². The number of anilines is 1. The van der Waals surface area contributed by atoms with Gasteiger partial charge < -0.3 is 10.1 Å². The van der Waals surface area contributed by atoms with Gasteiger partial charge in [0.2, 0.25) is 0 Å². The standard InChI is InChI=1S/C25H17N3O6S/c29-25(17-1-9-21(10-2-17)34-22-11-5-19(6-12-22)27(30)31)26-18-3-13-23(14-4-18)35-24-15-7-20(8-16-24)28(32)33/h1-16H,(H,26,29). The van der Waals surface area contributed by atoms with Gasteiger partial charge in [-0.25, -0.2) is 0 Å². The largest absolute Gasteiger partial charge is 0.457 e. The van der Waals surface area contributed by atoms with E-state index in [0.717, 1.165) is 9.79 Å². The number of hydrogen-bond donors (Lipinski definition) is 1. The average Bonchev–Trinajstić information content (AvgIpc) is 2.86. The fraction of sp³-hybridized carbons (Fsp3) is 0. The number of rotatable bonds is 8. The monoisotopic (exact) mass is 487 g/mol. The lowest BCUT2D eigenvalue weighted by atomic mass is 10.2. The number of carbonyl (C=O) groups excluding carboxylic acids is 1. The molecule has 4 rings (SSSR count). The Bertz CT molecular complexity index is 1360. The van der Waals surface area contributed by atoms with Gasteiger partial charge in [0.1, 0.15) is 11.5 Å². The first kappa shape index (κ1) is 23.5. The first-order valence-electron chi connectivity index (χ1n) is 10.2. The molecule has 0 aliphatic rings. The normalized spacial score (nSPS) is 10.4. The Hall–Kier alpha value is -4.70. The number of benzene rings is 4. The molecule has 0 unspecified atom stereocenters. The van der Waals surface area contributed by atoms with Crippen LogP contribution in [0.15, 0.2) is 107 Å². The van der Waals surface area contributed by atoms with Crippen molar-refractivity contribution in [1.29, 1.82) is 0 Å². The molecule has 0 heterocycles. The van der Waals surface area contributed by atoms with Crippen LogP contribution in [0.5, 0.6) is 11.5 Å². The number of hydrogen-bond acceptors (Lipinski definition) is 7.